The number of nitrogens with zero attached hydrogens (tertiary/aromatic N) is 1. The Morgan fingerprint density at radius 3 is 2.82 bits per heavy atom. The van der Waals surface area contributed by atoms with E-state index in [0.29, 0.717) is 6.54 Å². The van der Waals surface area contributed by atoms with Gasteiger partial charge in [-0.25, -0.2) is 0 Å². The van der Waals surface area contributed by atoms with Gasteiger partial charge in [-0.3, -0.25) is 4.98 Å². The molecular formula is C9H12N2. The molecule has 0 aliphatic carbocycles. The van der Waals surface area contributed by atoms with Crippen LogP contribution in [0.4, 0.5) is 0 Å². The smallest absolute Gasteiger partial charge is 0.0539 e. The van der Waals surface area contributed by atoms with Crippen LogP contribution in [0.1, 0.15) is 11.3 Å². The molecule has 0 aliphatic heterocycles. The van der Waals surface area contributed by atoms with Crippen LogP contribution < -0.4 is 5.73 Å². The van der Waals surface area contributed by atoms with Crippen molar-refractivity contribution in [3.63, 3.8) is 0 Å². The van der Waals surface area contributed by atoms with E-state index in [1.165, 1.54) is 5.56 Å². The predicted molar refractivity (Wildman–Crippen MR) is 46.0 cm³/mol. The molecule has 0 atom stereocenters. The second-order valence-electron chi connectivity index (χ2n) is 2.35. The Kier molecular flexibility index (Phi) is 2.81. The van der Waals surface area contributed by atoms with E-state index in [-0.39, 0.29) is 0 Å². The monoisotopic (exact) mass is 148 g/mol. The summed E-state index contributed by atoms with van der Waals surface area (Å²) in [5, 5.41) is 0. The summed E-state index contributed by atoms with van der Waals surface area (Å²) < 4.78 is 0. The normalized spacial score (nSPS) is 9.55. The molecule has 0 spiro atoms. The second kappa shape index (κ2) is 3.88. The number of rotatable bonds is 3. The summed E-state index contributed by atoms with van der Waals surface area (Å²) in [6.07, 6.45) is 4.57. The number of hydrogen-bond acceptors (Lipinski definition) is 2. The van der Waals surface area contributed by atoms with Gasteiger partial charge in [0.2, 0.25) is 0 Å². The fourth-order valence-electron chi connectivity index (χ4n) is 0.863. The van der Waals surface area contributed by atoms with Gasteiger partial charge in [0.15, 0.2) is 0 Å². The first-order valence-corrected chi connectivity index (χ1v) is 3.61. The van der Waals surface area contributed by atoms with Crippen molar-refractivity contribution < 1.29 is 0 Å². The Morgan fingerprint density at radius 2 is 2.36 bits per heavy atom. The van der Waals surface area contributed by atoms with E-state index in [0.717, 1.165) is 12.1 Å². The highest BCUT2D eigenvalue weighted by molar-refractivity contribution is 5.15. The molecule has 2 nitrogen and oxygen atoms in total. The van der Waals surface area contributed by atoms with Crippen molar-refractivity contribution in [2.45, 2.75) is 13.0 Å². The number of pyridine rings is 1. The third-order valence-electron chi connectivity index (χ3n) is 1.48. The molecule has 1 aromatic heterocycles. The van der Waals surface area contributed by atoms with Crippen molar-refractivity contribution in [2.75, 3.05) is 0 Å². The minimum atomic E-state index is 0.508. The van der Waals surface area contributed by atoms with Crippen molar-refractivity contribution in [3.8, 4) is 0 Å². The molecule has 58 valence electrons. The second-order valence-corrected chi connectivity index (χ2v) is 2.35. The zero-order valence-corrected chi connectivity index (χ0v) is 6.46. The zero-order chi connectivity index (χ0) is 8.10. The minimum Gasteiger partial charge on any atom is -0.325 e. The minimum absolute atomic E-state index is 0.508. The standard InChI is InChI=1S/C9H12N2/c1-2-3-8-4-5-9(6-10)11-7-8/h2,4-5,7H,1,3,6,10H2. The lowest BCUT2D eigenvalue weighted by Gasteiger charge is -1.97. The van der Waals surface area contributed by atoms with Crippen LogP contribution in [-0.2, 0) is 13.0 Å². The topological polar surface area (TPSA) is 38.9 Å². The summed E-state index contributed by atoms with van der Waals surface area (Å²) in [7, 11) is 0. The number of allylic oxidation sites excluding steroid dienone is 1. The molecule has 0 bridgehead atoms. The van der Waals surface area contributed by atoms with Gasteiger partial charge >= 0.3 is 0 Å². The molecule has 2 heteroatoms. The summed E-state index contributed by atoms with van der Waals surface area (Å²) in [6, 6.07) is 3.97. The molecule has 0 saturated heterocycles. The maximum Gasteiger partial charge on any atom is 0.0539 e. The van der Waals surface area contributed by atoms with Gasteiger partial charge in [0.25, 0.3) is 0 Å². The van der Waals surface area contributed by atoms with Crippen LogP contribution in [0, 0.1) is 0 Å². The Bertz CT molecular complexity index is 226. The fourth-order valence-corrected chi connectivity index (χ4v) is 0.863. The maximum atomic E-state index is 5.39. The van der Waals surface area contributed by atoms with Crippen LogP contribution in [0.15, 0.2) is 31.0 Å². The van der Waals surface area contributed by atoms with Gasteiger partial charge in [-0.15, -0.1) is 6.58 Å². The number of aromatic nitrogens is 1. The first kappa shape index (κ1) is 7.95. The van der Waals surface area contributed by atoms with Gasteiger partial charge in [-0.2, -0.15) is 0 Å². The molecule has 0 fully saturated rings. The molecule has 11 heavy (non-hydrogen) atoms. The van der Waals surface area contributed by atoms with E-state index in [9.17, 15) is 0 Å². The number of nitrogens with two attached hydrogens (primary N) is 1. The Labute approximate surface area is 66.8 Å². The van der Waals surface area contributed by atoms with Gasteiger partial charge in [-0.1, -0.05) is 12.1 Å². The highest BCUT2D eigenvalue weighted by atomic mass is 14.7. The lowest BCUT2D eigenvalue weighted by atomic mass is 10.2. The fraction of sp³-hybridized carbons (Fsp3) is 0.222. The summed E-state index contributed by atoms with van der Waals surface area (Å²) in [5.41, 5.74) is 7.50. The van der Waals surface area contributed by atoms with Crippen LogP contribution in [-0.4, -0.2) is 4.98 Å². The number of hydrogen-bond donors (Lipinski definition) is 1. The molecule has 1 heterocycles. The van der Waals surface area contributed by atoms with Gasteiger partial charge in [0.1, 0.15) is 0 Å². The summed E-state index contributed by atoms with van der Waals surface area (Å²) >= 11 is 0. The third kappa shape index (κ3) is 2.16. The molecule has 0 aliphatic rings. The molecule has 0 aromatic carbocycles. The Morgan fingerprint density at radius 1 is 1.55 bits per heavy atom. The highest BCUT2D eigenvalue weighted by Gasteiger charge is 1.90. The van der Waals surface area contributed by atoms with Crippen LogP contribution in [0.3, 0.4) is 0 Å². The average molecular weight is 148 g/mol. The lowest BCUT2D eigenvalue weighted by Crippen LogP contribution is -1.99. The van der Waals surface area contributed by atoms with Gasteiger partial charge in [0, 0.05) is 12.7 Å². The first-order chi connectivity index (χ1) is 5.36. The summed E-state index contributed by atoms with van der Waals surface area (Å²) in [6.45, 7) is 4.15. The predicted octanol–water partition coefficient (Wildman–Crippen LogP) is 1.27. The van der Waals surface area contributed by atoms with E-state index < -0.39 is 0 Å². The Balaban J connectivity index is 2.74. The summed E-state index contributed by atoms with van der Waals surface area (Å²) in [4.78, 5) is 4.14. The van der Waals surface area contributed by atoms with Crippen LogP contribution in [0.5, 0.6) is 0 Å². The van der Waals surface area contributed by atoms with E-state index in [1.807, 2.05) is 24.4 Å². The van der Waals surface area contributed by atoms with Crippen LogP contribution >= 0.6 is 0 Å². The van der Waals surface area contributed by atoms with Gasteiger partial charge in [0.05, 0.1) is 5.69 Å². The van der Waals surface area contributed by atoms with E-state index in [2.05, 4.69) is 11.6 Å². The van der Waals surface area contributed by atoms with Crippen LogP contribution in [0.25, 0.3) is 0 Å². The SMILES string of the molecule is C=CCc1ccc(CN)nc1. The van der Waals surface area contributed by atoms with E-state index in [4.69, 9.17) is 5.73 Å². The molecular weight excluding hydrogens is 136 g/mol. The average Bonchev–Trinajstić information content (AvgIpc) is 2.07. The largest absolute Gasteiger partial charge is 0.325 e. The third-order valence-corrected chi connectivity index (χ3v) is 1.48. The quantitative estimate of drug-likeness (QED) is 0.655. The molecule has 0 radical (unpaired) electrons. The lowest BCUT2D eigenvalue weighted by molar-refractivity contribution is 0.979. The molecule has 0 amide bonds. The van der Waals surface area contributed by atoms with E-state index >= 15 is 0 Å². The molecule has 1 aromatic rings. The van der Waals surface area contributed by atoms with Crippen molar-refractivity contribution in [2.24, 2.45) is 5.73 Å². The van der Waals surface area contributed by atoms with Crippen molar-refractivity contribution in [1.82, 2.24) is 4.98 Å². The van der Waals surface area contributed by atoms with Gasteiger partial charge in [-0.05, 0) is 18.1 Å². The first-order valence-electron chi connectivity index (χ1n) is 3.61. The summed E-state index contributed by atoms with van der Waals surface area (Å²) in [5.74, 6) is 0. The molecule has 2 N–H and O–H groups in total. The van der Waals surface area contributed by atoms with Crippen molar-refractivity contribution in [1.29, 1.82) is 0 Å². The highest BCUT2D eigenvalue weighted by Crippen LogP contribution is 2.00. The Hall–Kier alpha value is -1.15. The van der Waals surface area contributed by atoms with E-state index in [1.54, 1.807) is 0 Å². The van der Waals surface area contributed by atoms with Crippen molar-refractivity contribution >= 4 is 0 Å². The molecule has 1 rings (SSSR count). The van der Waals surface area contributed by atoms with Crippen LogP contribution in [0.2, 0.25) is 0 Å². The van der Waals surface area contributed by atoms with Gasteiger partial charge < -0.3 is 5.73 Å². The maximum absolute atomic E-state index is 5.39. The molecule has 0 saturated carbocycles. The molecule has 0 unspecified atom stereocenters. The zero-order valence-electron chi connectivity index (χ0n) is 6.46. The van der Waals surface area contributed by atoms with Crippen molar-refractivity contribution in [3.05, 3.63) is 42.2 Å².